The molecule has 1 N–H and O–H groups in total. The molecule has 0 unspecified atom stereocenters. The Morgan fingerprint density at radius 1 is 1.08 bits per heavy atom. The summed E-state index contributed by atoms with van der Waals surface area (Å²) in [5.74, 6) is -1.75. The van der Waals surface area contributed by atoms with Crippen LogP contribution in [0, 0.1) is 16.0 Å². The average Bonchev–Trinajstić information content (AvgIpc) is 3.39. The fraction of sp³-hybridized carbons (Fsp3) is 0.231. The van der Waals surface area contributed by atoms with E-state index in [0.717, 1.165) is 5.56 Å². The number of non-ortho nitro benzene ring substituents is 1. The van der Waals surface area contributed by atoms with Crippen molar-refractivity contribution in [3.05, 3.63) is 92.4 Å². The lowest BCUT2D eigenvalue weighted by Crippen LogP contribution is -2.37. The number of phenolic OH excluding ortho intramolecular Hbond substituents is 1. The Hall–Kier alpha value is -3.96. The number of imide groups is 1. The van der Waals surface area contributed by atoms with Gasteiger partial charge in [-0.05, 0) is 52.2 Å². The molecule has 2 saturated heterocycles. The van der Waals surface area contributed by atoms with Crippen molar-refractivity contribution >= 4 is 39.1 Å². The Labute approximate surface area is 220 Å². The predicted molar refractivity (Wildman–Crippen MR) is 136 cm³/mol. The Morgan fingerprint density at radius 2 is 1.84 bits per heavy atom. The molecule has 0 saturated carbocycles. The van der Waals surface area contributed by atoms with Gasteiger partial charge >= 0.3 is 0 Å². The molecule has 0 aliphatic carbocycles. The number of carbonyl (C=O) groups is 2. The number of nitro groups is 1. The number of fused-ring (bicyclic) bond motifs is 1. The normalized spacial score (nSPS) is 20.9. The molecule has 10 nitrogen and oxygen atoms in total. The van der Waals surface area contributed by atoms with Gasteiger partial charge in [0.1, 0.15) is 5.92 Å². The number of anilines is 1. The van der Waals surface area contributed by atoms with Gasteiger partial charge in [0.2, 0.25) is 5.91 Å². The van der Waals surface area contributed by atoms with E-state index in [0.29, 0.717) is 15.7 Å². The van der Waals surface area contributed by atoms with Gasteiger partial charge in [-0.1, -0.05) is 36.4 Å². The fourth-order valence-corrected chi connectivity index (χ4v) is 5.19. The van der Waals surface area contributed by atoms with Crippen LogP contribution in [0.2, 0.25) is 0 Å². The lowest BCUT2D eigenvalue weighted by Gasteiger charge is -2.29. The van der Waals surface area contributed by atoms with Gasteiger partial charge in [0.25, 0.3) is 11.6 Å². The quantitative estimate of drug-likeness (QED) is 0.251. The summed E-state index contributed by atoms with van der Waals surface area (Å²) in [4.78, 5) is 45.2. The van der Waals surface area contributed by atoms with E-state index in [1.54, 1.807) is 25.1 Å². The van der Waals surface area contributed by atoms with Crippen LogP contribution in [-0.2, 0) is 21.0 Å². The second-order valence-electron chi connectivity index (χ2n) is 8.63. The smallest absolute Gasteiger partial charge is 0.271 e. The van der Waals surface area contributed by atoms with Crippen molar-refractivity contribution in [2.24, 2.45) is 5.92 Å². The minimum atomic E-state index is -1.12. The van der Waals surface area contributed by atoms with Crippen LogP contribution < -0.4 is 9.80 Å². The number of nitro benzene ring substituents is 1. The monoisotopic (exact) mass is 567 g/mol. The third kappa shape index (κ3) is 4.40. The highest BCUT2D eigenvalue weighted by atomic mass is 79.9. The number of carbonyl (C=O) groups excluding carboxylic acids is 2. The van der Waals surface area contributed by atoms with Crippen LogP contribution in [0.1, 0.15) is 24.1 Å². The van der Waals surface area contributed by atoms with Crippen molar-refractivity contribution in [2.75, 3.05) is 11.7 Å². The molecule has 0 bridgehead atoms. The molecule has 2 aliphatic heterocycles. The Kier molecular flexibility index (Phi) is 6.57. The standard InChI is InChI=1S/C26H22BrN3O7/c1-2-36-20-12-16(11-19(27)23(20)31)22-21-24(37-29(22)17-9-6-10-18(13-17)30(34)35)26(33)28(25(21)32)14-15-7-4-3-5-8-15/h3-13,21-22,24,31H,2,14H2,1H3/t21-,22+,24+/m1/s1. The second-order valence-corrected chi connectivity index (χ2v) is 9.48. The first kappa shape index (κ1) is 24.7. The van der Waals surface area contributed by atoms with Gasteiger partial charge in [-0.15, -0.1) is 0 Å². The fourth-order valence-electron chi connectivity index (χ4n) is 4.73. The first-order valence-electron chi connectivity index (χ1n) is 11.5. The van der Waals surface area contributed by atoms with Crippen molar-refractivity contribution in [1.82, 2.24) is 4.90 Å². The summed E-state index contributed by atoms with van der Waals surface area (Å²) in [6.07, 6.45) is -1.12. The van der Waals surface area contributed by atoms with Crippen molar-refractivity contribution in [3.63, 3.8) is 0 Å². The molecule has 0 spiro atoms. The van der Waals surface area contributed by atoms with E-state index in [1.165, 1.54) is 28.2 Å². The van der Waals surface area contributed by atoms with E-state index in [9.17, 15) is 24.8 Å². The van der Waals surface area contributed by atoms with E-state index in [4.69, 9.17) is 9.57 Å². The van der Waals surface area contributed by atoms with Crippen molar-refractivity contribution in [2.45, 2.75) is 25.6 Å². The van der Waals surface area contributed by atoms with Crippen molar-refractivity contribution < 1.29 is 29.2 Å². The van der Waals surface area contributed by atoms with E-state index < -0.39 is 34.8 Å². The number of amides is 2. The first-order chi connectivity index (χ1) is 17.8. The summed E-state index contributed by atoms with van der Waals surface area (Å²) in [5.41, 5.74) is 1.46. The van der Waals surface area contributed by atoms with E-state index in [-0.39, 0.29) is 30.3 Å². The Balaban J connectivity index is 1.59. The molecule has 3 aromatic rings. The van der Waals surface area contributed by atoms with E-state index in [1.807, 2.05) is 30.3 Å². The van der Waals surface area contributed by atoms with Crippen LogP contribution in [0.4, 0.5) is 11.4 Å². The van der Waals surface area contributed by atoms with Crippen LogP contribution in [-0.4, -0.2) is 39.5 Å². The summed E-state index contributed by atoms with van der Waals surface area (Å²) >= 11 is 3.34. The summed E-state index contributed by atoms with van der Waals surface area (Å²) in [7, 11) is 0. The molecule has 3 atom stereocenters. The number of nitrogens with zero attached hydrogens (tertiary/aromatic N) is 3. The zero-order valence-corrected chi connectivity index (χ0v) is 21.2. The van der Waals surface area contributed by atoms with E-state index in [2.05, 4.69) is 15.9 Å². The second kappa shape index (κ2) is 9.83. The van der Waals surface area contributed by atoms with Crippen molar-refractivity contribution in [3.8, 4) is 11.5 Å². The SMILES string of the molecule is CCOc1cc([C@H]2[C@H]3C(=O)N(Cc4ccccc4)C(=O)[C@H]3ON2c2cccc([N+](=O)[O-])c2)cc(Br)c1O. The van der Waals surface area contributed by atoms with Gasteiger partial charge in [0, 0.05) is 12.1 Å². The van der Waals surface area contributed by atoms with Gasteiger partial charge in [-0.2, -0.15) is 0 Å². The van der Waals surface area contributed by atoms with Gasteiger partial charge < -0.3 is 9.84 Å². The number of halogens is 1. The van der Waals surface area contributed by atoms with Gasteiger partial charge in [0.15, 0.2) is 17.6 Å². The highest BCUT2D eigenvalue weighted by Gasteiger charge is 2.60. The molecule has 5 rings (SSSR count). The topological polar surface area (TPSA) is 122 Å². The predicted octanol–water partition coefficient (Wildman–Crippen LogP) is 4.51. The third-order valence-electron chi connectivity index (χ3n) is 6.38. The highest BCUT2D eigenvalue weighted by molar-refractivity contribution is 9.10. The zero-order valence-electron chi connectivity index (χ0n) is 19.6. The number of phenols is 1. The van der Waals surface area contributed by atoms with E-state index >= 15 is 0 Å². The lowest BCUT2D eigenvalue weighted by atomic mass is 9.90. The lowest BCUT2D eigenvalue weighted by molar-refractivity contribution is -0.384. The number of ether oxygens (including phenoxy) is 1. The number of aromatic hydroxyl groups is 1. The first-order valence-corrected chi connectivity index (χ1v) is 12.3. The molecule has 2 heterocycles. The third-order valence-corrected chi connectivity index (χ3v) is 6.98. The minimum absolute atomic E-state index is 0.0991. The number of hydrogen-bond acceptors (Lipinski definition) is 8. The molecule has 0 aromatic heterocycles. The van der Waals surface area contributed by atoms with Crippen LogP contribution >= 0.6 is 15.9 Å². The van der Waals surface area contributed by atoms with Gasteiger partial charge in [-0.3, -0.25) is 29.4 Å². The maximum absolute atomic E-state index is 13.7. The van der Waals surface area contributed by atoms with Crippen LogP contribution in [0.25, 0.3) is 0 Å². The summed E-state index contributed by atoms with van der Waals surface area (Å²) in [6.45, 7) is 2.15. The number of benzene rings is 3. The number of rotatable bonds is 7. The van der Waals surface area contributed by atoms with Crippen LogP contribution in [0.5, 0.6) is 11.5 Å². The number of likely N-dealkylation sites (tertiary alicyclic amines) is 1. The molecule has 11 heteroatoms. The Bertz CT molecular complexity index is 1380. The molecule has 0 radical (unpaired) electrons. The number of hydrogen-bond donors (Lipinski definition) is 1. The Morgan fingerprint density at radius 3 is 2.54 bits per heavy atom. The molecule has 2 fully saturated rings. The maximum atomic E-state index is 13.7. The molecular formula is C26H22BrN3O7. The van der Waals surface area contributed by atoms with Crippen LogP contribution in [0.3, 0.4) is 0 Å². The molecule has 2 aliphatic rings. The van der Waals surface area contributed by atoms with Gasteiger partial charge in [0.05, 0.1) is 34.3 Å². The molecular weight excluding hydrogens is 546 g/mol. The average molecular weight is 568 g/mol. The summed E-state index contributed by atoms with van der Waals surface area (Å²) < 4.78 is 5.91. The zero-order chi connectivity index (χ0) is 26.3. The number of hydroxylamine groups is 1. The van der Waals surface area contributed by atoms with Gasteiger partial charge in [-0.25, -0.2) is 5.06 Å². The largest absolute Gasteiger partial charge is 0.503 e. The van der Waals surface area contributed by atoms with Crippen LogP contribution in [0.15, 0.2) is 71.2 Å². The maximum Gasteiger partial charge on any atom is 0.271 e. The molecule has 190 valence electrons. The minimum Gasteiger partial charge on any atom is -0.503 e. The molecule has 37 heavy (non-hydrogen) atoms. The summed E-state index contributed by atoms with van der Waals surface area (Å²) in [6, 6.07) is 17.3. The molecule has 3 aromatic carbocycles. The summed E-state index contributed by atoms with van der Waals surface area (Å²) in [5, 5.41) is 23.2. The van der Waals surface area contributed by atoms with Crippen molar-refractivity contribution in [1.29, 1.82) is 0 Å². The highest BCUT2D eigenvalue weighted by Crippen LogP contribution is 2.49. The molecule has 2 amide bonds.